The van der Waals surface area contributed by atoms with Crippen LogP contribution in [0.5, 0.6) is 0 Å². The minimum atomic E-state index is -3.49. The number of carbonyl (C=O) groups excluding carboxylic acids is 1. The summed E-state index contributed by atoms with van der Waals surface area (Å²) < 4.78 is 23.1. The van der Waals surface area contributed by atoms with Gasteiger partial charge >= 0.3 is 0 Å². The number of hydrogen-bond acceptors (Lipinski definition) is 4. The molecule has 0 bridgehead atoms. The summed E-state index contributed by atoms with van der Waals surface area (Å²) in [6, 6.07) is 3.97. The van der Waals surface area contributed by atoms with Crippen LogP contribution in [0.3, 0.4) is 0 Å². The lowest BCUT2D eigenvalue weighted by Crippen LogP contribution is -2.35. The molecule has 1 amide bonds. The van der Waals surface area contributed by atoms with Gasteiger partial charge in [0.25, 0.3) is 5.91 Å². The van der Waals surface area contributed by atoms with E-state index in [0.29, 0.717) is 12.8 Å². The second-order valence-corrected chi connectivity index (χ2v) is 6.90. The average molecular weight is 320 g/mol. The highest BCUT2D eigenvalue weighted by atomic mass is 35.5. The molecule has 0 aromatic heterocycles. The third-order valence-electron chi connectivity index (χ3n) is 2.90. The summed E-state index contributed by atoms with van der Waals surface area (Å²) in [6.07, 6.45) is 2.17. The molecule has 0 spiro atoms. The van der Waals surface area contributed by atoms with Gasteiger partial charge in [-0.1, -0.05) is 18.5 Å². The van der Waals surface area contributed by atoms with Crippen LogP contribution in [0.4, 0.5) is 0 Å². The van der Waals surface area contributed by atoms with Crippen LogP contribution < -0.4 is 5.32 Å². The van der Waals surface area contributed by atoms with E-state index in [4.69, 9.17) is 16.7 Å². The Morgan fingerprint density at radius 3 is 2.60 bits per heavy atom. The maximum Gasteiger partial charge on any atom is 0.251 e. The van der Waals surface area contributed by atoms with E-state index < -0.39 is 9.84 Å². The molecule has 1 aromatic rings. The fraction of sp³-hybridized carbons (Fsp3) is 0.462. The van der Waals surface area contributed by atoms with Gasteiger partial charge in [-0.25, -0.2) is 8.42 Å². The minimum absolute atomic E-state index is 0.0198. The summed E-state index contributed by atoms with van der Waals surface area (Å²) in [6.45, 7) is 1.87. The Labute approximate surface area is 123 Å². The van der Waals surface area contributed by atoms with Crippen molar-refractivity contribution in [3.63, 3.8) is 0 Å². The molecule has 0 radical (unpaired) electrons. The fourth-order valence-electron chi connectivity index (χ4n) is 1.73. The van der Waals surface area contributed by atoms with Crippen molar-refractivity contribution < 1.29 is 18.3 Å². The van der Waals surface area contributed by atoms with Crippen LogP contribution in [-0.4, -0.2) is 38.3 Å². The third-order valence-corrected chi connectivity index (χ3v) is 4.48. The van der Waals surface area contributed by atoms with Crippen LogP contribution in [0.1, 0.15) is 30.1 Å². The highest BCUT2D eigenvalue weighted by Crippen LogP contribution is 2.22. The minimum Gasteiger partial charge on any atom is -0.396 e. The summed E-state index contributed by atoms with van der Waals surface area (Å²) in [4.78, 5) is 12.0. The van der Waals surface area contributed by atoms with Gasteiger partial charge in [-0.15, -0.1) is 0 Å². The molecule has 1 rings (SSSR count). The third kappa shape index (κ3) is 4.47. The maximum absolute atomic E-state index is 12.0. The number of sulfone groups is 1. The first-order valence-corrected chi connectivity index (χ1v) is 8.47. The Balaban J connectivity index is 3.00. The second-order valence-electron chi connectivity index (χ2n) is 4.51. The van der Waals surface area contributed by atoms with E-state index in [-0.39, 0.29) is 34.0 Å². The Hall–Kier alpha value is -1.11. The van der Waals surface area contributed by atoms with Crippen molar-refractivity contribution in [3.8, 4) is 0 Å². The molecule has 1 aromatic carbocycles. The van der Waals surface area contributed by atoms with Gasteiger partial charge < -0.3 is 10.4 Å². The van der Waals surface area contributed by atoms with Crippen LogP contribution in [0.15, 0.2) is 23.1 Å². The molecular formula is C13H18ClNO4S. The molecule has 0 aliphatic rings. The average Bonchev–Trinajstić information content (AvgIpc) is 2.37. The van der Waals surface area contributed by atoms with Crippen molar-refractivity contribution >= 4 is 27.3 Å². The summed E-state index contributed by atoms with van der Waals surface area (Å²) in [5, 5.41) is 11.7. The Bertz CT molecular complexity index is 586. The number of nitrogens with one attached hydrogen (secondary N) is 1. The zero-order valence-electron chi connectivity index (χ0n) is 11.4. The van der Waals surface area contributed by atoms with E-state index in [1.54, 1.807) is 0 Å². The summed E-state index contributed by atoms with van der Waals surface area (Å²) >= 11 is 5.82. The summed E-state index contributed by atoms with van der Waals surface area (Å²) in [5.41, 5.74) is 0.228. The van der Waals surface area contributed by atoms with Gasteiger partial charge in [-0.2, -0.15) is 0 Å². The molecule has 1 unspecified atom stereocenters. The molecule has 20 heavy (non-hydrogen) atoms. The Morgan fingerprint density at radius 2 is 2.10 bits per heavy atom. The molecule has 0 saturated carbocycles. The van der Waals surface area contributed by atoms with Gasteiger partial charge in [-0.05, 0) is 31.0 Å². The van der Waals surface area contributed by atoms with E-state index in [0.717, 1.165) is 6.26 Å². The van der Waals surface area contributed by atoms with E-state index >= 15 is 0 Å². The van der Waals surface area contributed by atoms with E-state index in [9.17, 15) is 13.2 Å². The number of benzene rings is 1. The first kappa shape index (κ1) is 16.9. The molecule has 5 nitrogen and oxygen atoms in total. The Morgan fingerprint density at radius 1 is 1.45 bits per heavy atom. The van der Waals surface area contributed by atoms with Crippen molar-refractivity contribution in [3.05, 3.63) is 28.8 Å². The van der Waals surface area contributed by atoms with Crippen molar-refractivity contribution in [2.24, 2.45) is 0 Å². The number of hydrogen-bond donors (Lipinski definition) is 2. The smallest absolute Gasteiger partial charge is 0.251 e. The number of halogens is 1. The lowest BCUT2D eigenvalue weighted by Gasteiger charge is -2.16. The highest BCUT2D eigenvalue weighted by molar-refractivity contribution is 7.90. The molecule has 2 N–H and O–H groups in total. The maximum atomic E-state index is 12.0. The van der Waals surface area contributed by atoms with Crippen LogP contribution >= 0.6 is 11.6 Å². The van der Waals surface area contributed by atoms with Gasteiger partial charge in [0.1, 0.15) is 0 Å². The molecule has 112 valence electrons. The standard InChI is InChI=1S/C13H18ClNO4S/c1-3-10(6-7-16)15-13(17)9-4-5-11(14)12(8-9)20(2,18)19/h4-5,8,10,16H,3,6-7H2,1-2H3,(H,15,17). The van der Waals surface area contributed by atoms with Crippen molar-refractivity contribution in [1.29, 1.82) is 0 Å². The van der Waals surface area contributed by atoms with Gasteiger partial charge in [-0.3, -0.25) is 4.79 Å². The monoisotopic (exact) mass is 319 g/mol. The topological polar surface area (TPSA) is 83.5 Å². The zero-order chi connectivity index (χ0) is 15.3. The van der Waals surface area contributed by atoms with Gasteiger partial charge in [0.15, 0.2) is 9.84 Å². The largest absolute Gasteiger partial charge is 0.396 e. The normalized spacial score (nSPS) is 13.0. The number of amides is 1. The molecule has 0 fully saturated rings. The SMILES string of the molecule is CCC(CCO)NC(=O)c1ccc(Cl)c(S(C)(=O)=O)c1. The first-order chi connectivity index (χ1) is 9.29. The van der Waals surface area contributed by atoms with Crippen molar-refractivity contribution in [2.75, 3.05) is 12.9 Å². The predicted molar refractivity (Wildman–Crippen MR) is 77.8 cm³/mol. The number of aliphatic hydroxyl groups excluding tert-OH is 1. The fourth-order valence-corrected chi connectivity index (χ4v) is 3.03. The second kappa shape index (κ2) is 7.06. The van der Waals surface area contributed by atoms with Crippen LogP contribution in [-0.2, 0) is 9.84 Å². The quantitative estimate of drug-likeness (QED) is 0.835. The van der Waals surface area contributed by atoms with Crippen LogP contribution in [0, 0.1) is 0 Å². The first-order valence-electron chi connectivity index (χ1n) is 6.21. The van der Waals surface area contributed by atoms with E-state index in [1.807, 2.05) is 6.92 Å². The predicted octanol–water partition coefficient (Wildman–Crippen LogP) is 1.63. The molecule has 0 saturated heterocycles. The lowest BCUT2D eigenvalue weighted by molar-refractivity contribution is 0.0929. The molecule has 0 aliphatic heterocycles. The molecule has 0 aliphatic carbocycles. The lowest BCUT2D eigenvalue weighted by atomic mass is 10.1. The zero-order valence-corrected chi connectivity index (χ0v) is 13.0. The number of aliphatic hydroxyl groups is 1. The van der Waals surface area contributed by atoms with Gasteiger partial charge in [0, 0.05) is 24.5 Å². The highest BCUT2D eigenvalue weighted by Gasteiger charge is 2.17. The summed E-state index contributed by atoms with van der Waals surface area (Å²) in [7, 11) is -3.49. The van der Waals surface area contributed by atoms with Gasteiger partial charge in [0.05, 0.1) is 9.92 Å². The molecule has 1 atom stereocenters. The van der Waals surface area contributed by atoms with Crippen molar-refractivity contribution in [2.45, 2.75) is 30.7 Å². The number of carbonyl (C=O) groups is 1. The van der Waals surface area contributed by atoms with E-state index in [2.05, 4.69) is 5.32 Å². The van der Waals surface area contributed by atoms with Crippen molar-refractivity contribution in [1.82, 2.24) is 5.32 Å². The van der Waals surface area contributed by atoms with Crippen LogP contribution in [0.2, 0.25) is 5.02 Å². The number of rotatable bonds is 6. The summed E-state index contributed by atoms with van der Waals surface area (Å²) in [5.74, 6) is -0.383. The van der Waals surface area contributed by atoms with E-state index in [1.165, 1.54) is 18.2 Å². The molecule has 0 heterocycles. The van der Waals surface area contributed by atoms with Gasteiger partial charge in [0.2, 0.25) is 0 Å². The molecular weight excluding hydrogens is 302 g/mol. The van der Waals surface area contributed by atoms with Crippen LogP contribution in [0.25, 0.3) is 0 Å². The molecule has 7 heteroatoms. The Kier molecular flexibility index (Phi) is 5.98.